The first-order valence-corrected chi connectivity index (χ1v) is 13.4. The summed E-state index contributed by atoms with van der Waals surface area (Å²) >= 11 is 5.72. The molecule has 0 spiro atoms. The van der Waals surface area contributed by atoms with Gasteiger partial charge in [-0.05, 0) is 62.1 Å². The molecule has 3 aromatic carbocycles. The summed E-state index contributed by atoms with van der Waals surface area (Å²) in [6.45, 7) is 4.63. The van der Waals surface area contributed by atoms with Gasteiger partial charge in [-0.25, -0.2) is 9.78 Å². The molecule has 0 unspecified atom stereocenters. The predicted octanol–water partition coefficient (Wildman–Crippen LogP) is 6.04. The van der Waals surface area contributed by atoms with Gasteiger partial charge in [-0.3, -0.25) is 10.2 Å². The number of alkyl halides is 1. The summed E-state index contributed by atoms with van der Waals surface area (Å²) < 4.78 is 2.10. The Hall–Kier alpha value is -4.17. The molecular weight excluding hydrogens is 514 g/mol. The van der Waals surface area contributed by atoms with Crippen LogP contribution in [0.2, 0.25) is 0 Å². The Kier molecular flexibility index (Phi) is 8.99. The van der Waals surface area contributed by atoms with E-state index in [9.17, 15) is 14.7 Å². The molecular formula is C30H32ClN5O3. The van der Waals surface area contributed by atoms with Crippen LogP contribution in [0, 0.1) is 5.41 Å². The number of carbonyl (C=O) groups is 2. The van der Waals surface area contributed by atoms with Crippen LogP contribution in [0.15, 0.2) is 72.8 Å². The Morgan fingerprint density at radius 1 is 1.00 bits per heavy atom. The van der Waals surface area contributed by atoms with Gasteiger partial charge in [0.25, 0.3) is 5.91 Å². The number of hydrogen-bond acceptors (Lipinski definition) is 4. The largest absolute Gasteiger partial charge is 0.478 e. The van der Waals surface area contributed by atoms with E-state index in [1.807, 2.05) is 54.6 Å². The predicted molar refractivity (Wildman–Crippen MR) is 155 cm³/mol. The van der Waals surface area contributed by atoms with Crippen molar-refractivity contribution in [3.05, 3.63) is 89.7 Å². The number of nitrogens with zero attached hydrogens (tertiary/aromatic N) is 2. The number of rotatable bonds is 11. The normalized spacial score (nSPS) is 11.9. The van der Waals surface area contributed by atoms with Gasteiger partial charge in [-0.1, -0.05) is 48.5 Å². The minimum atomic E-state index is -1.17. The zero-order valence-corrected chi connectivity index (χ0v) is 22.7. The van der Waals surface area contributed by atoms with Crippen LogP contribution < -0.4 is 10.6 Å². The summed E-state index contributed by atoms with van der Waals surface area (Å²) in [4.78, 5) is 30.7. The van der Waals surface area contributed by atoms with Crippen LogP contribution >= 0.6 is 11.6 Å². The lowest BCUT2D eigenvalue weighted by Crippen LogP contribution is -2.33. The molecule has 0 radical (unpaired) electrons. The standard InChI is InChI=1S/C30H32ClN5O3/c1-19(2)36-26-13-7-6-11-24(26)34-28(36)25(12-8-16-33-27(32)18-31)35-29(37)23-17-21(14-15-22(23)30(38)39)20-9-4-3-5-10-20/h3-7,9-11,13-15,17,19,25H,8,12,16,18H2,1-2H3,(H2,32,33)(H,35,37)(H,38,39)/t25-/m0/s1. The maximum absolute atomic E-state index is 13.7. The number of halogens is 1. The molecule has 1 aromatic heterocycles. The van der Waals surface area contributed by atoms with Gasteiger partial charge in [0.05, 0.1) is 34.1 Å². The van der Waals surface area contributed by atoms with Gasteiger partial charge in [-0.15, -0.1) is 11.6 Å². The molecule has 0 bridgehead atoms. The van der Waals surface area contributed by atoms with E-state index in [0.717, 1.165) is 22.2 Å². The number of nitrogens with one attached hydrogen (secondary N) is 3. The number of para-hydroxylation sites is 2. The zero-order valence-electron chi connectivity index (χ0n) is 21.9. The third kappa shape index (κ3) is 6.46. The smallest absolute Gasteiger partial charge is 0.336 e. The van der Waals surface area contributed by atoms with Gasteiger partial charge >= 0.3 is 5.97 Å². The number of benzene rings is 3. The quantitative estimate of drug-likeness (QED) is 0.0792. The van der Waals surface area contributed by atoms with Crippen molar-refractivity contribution in [3.8, 4) is 11.1 Å². The maximum Gasteiger partial charge on any atom is 0.336 e. The molecule has 1 atom stereocenters. The lowest BCUT2D eigenvalue weighted by Gasteiger charge is -2.23. The van der Waals surface area contributed by atoms with E-state index in [2.05, 4.69) is 29.0 Å². The van der Waals surface area contributed by atoms with E-state index in [0.29, 0.717) is 25.2 Å². The van der Waals surface area contributed by atoms with Crippen LogP contribution in [0.25, 0.3) is 22.2 Å². The second-order valence-electron chi connectivity index (χ2n) is 9.56. The number of imidazole rings is 1. The topological polar surface area (TPSA) is 120 Å². The first-order chi connectivity index (χ1) is 18.8. The van der Waals surface area contributed by atoms with Crippen LogP contribution in [-0.2, 0) is 0 Å². The van der Waals surface area contributed by atoms with Gasteiger partial charge in [0.1, 0.15) is 11.7 Å². The number of amides is 1. The fourth-order valence-electron chi connectivity index (χ4n) is 4.67. The first-order valence-electron chi connectivity index (χ1n) is 12.9. The average molecular weight is 546 g/mol. The van der Waals surface area contributed by atoms with Crippen molar-refractivity contribution in [3.63, 3.8) is 0 Å². The van der Waals surface area contributed by atoms with Gasteiger partial charge in [-0.2, -0.15) is 0 Å². The Labute approximate surface area is 232 Å². The number of fused-ring (bicyclic) bond motifs is 1. The third-order valence-electron chi connectivity index (χ3n) is 6.50. The number of carboxylic acid groups (broad SMARTS) is 1. The van der Waals surface area contributed by atoms with Crippen LogP contribution in [0.4, 0.5) is 0 Å². The van der Waals surface area contributed by atoms with Gasteiger partial charge < -0.3 is 20.3 Å². The molecule has 1 amide bonds. The summed E-state index contributed by atoms with van der Waals surface area (Å²) in [6.07, 6.45) is 1.15. The lowest BCUT2D eigenvalue weighted by molar-refractivity contribution is 0.0690. The van der Waals surface area contributed by atoms with Crippen LogP contribution in [0.3, 0.4) is 0 Å². The molecule has 4 aromatic rings. The number of aromatic nitrogens is 2. The third-order valence-corrected chi connectivity index (χ3v) is 6.77. The van der Waals surface area contributed by atoms with E-state index in [1.165, 1.54) is 6.07 Å². The van der Waals surface area contributed by atoms with Crippen molar-refractivity contribution in [2.75, 3.05) is 12.4 Å². The fraction of sp³-hybridized carbons (Fsp3) is 0.267. The summed E-state index contributed by atoms with van der Waals surface area (Å²) in [7, 11) is 0. The number of carboxylic acids is 1. The molecule has 0 saturated heterocycles. The molecule has 0 aliphatic carbocycles. The summed E-state index contributed by atoms with van der Waals surface area (Å²) in [5, 5.41) is 23.7. The number of aromatic carboxylic acids is 1. The minimum absolute atomic E-state index is 0.0690. The lowest BCUT2D eigenvalue weighted by atomic mass is 9.98. The minimum Gasteiger partial charge on any atom is -0.478 e. The van der Waals surface area contributed by atoms with Crippen LogP contribution in [0.5, 0.6) is 0 Å². The monoisotopic (exact) mass is 545 g/mol. The van der Waals surface area contributed by atoms with E-state index >= 15 is 0 Å². The first kappa shape index (κ1) is 27.9. The summed E-state index contributed by atoms with van der Waals surface area (Å²) in [5.74, 6) is -0.633. The molecule has 1 heterocycles. The molecule has 0 aliphatic rings. The Morgan fingerprint density at radius 2 is 1.72 bits per heavy atom. The van der Waals surface area contributed by atoms with E-state index in [1.54, 1.807) is 12.1 Å². The fourth-order valence-corrected chi connectivity index (χ4v) is 4.77. The summed E-state index contributed by atoms with van der Waals surface area (Å²) in [6, 6.07) is 21.7. The average Bonchev–Trinajstić information content (AvgIpc) is 3.34. The summed E-state index contributed by atoms with van der Waals surface area (Å²) in [5.41, 5.74) is 3.43. The highest BCUT2D eigenvalue weighted by molar-refractivity contribution is 6.27. The molecule has 9 heteroatoms. The molecule has 39 heavy (non-hydrogen) atoms. The van der Waals surface area contributed by atoms with Crippen molar-refractivity contribution < 1.29 is 14.7 Å². The Balaban J connectivity index is 1.71. The van der Waals surface area contributed by atoms with Crippen molar-refractivity contribution >= 4 is 40.3 Å². The van der Waals surface area contributed by atoms with E-state index < -0.39 is 17.9 Å². The van der Waals surface area contributed by atoms with Crippen LogP contribution in [0.1, 0.15) is 65.3 Å². The van der Waals surface area contributed by atoms with Gasteiger partial charge in [0.15, 0.2) is 0 Å². The van der Waals surface area contributed by atoms with Crippen molar-refractivity contribution in [1.82, 2.24) is 20.2 Å². The highest BCUT2D eigenvalue weighted by Gasteiger charge is 2.26. The molecule has 0 fully saturated rings. The molecule has 0 aliphatic heterocycles. The van der Waals surface area contributed by atoms with E-state index in [4.69, 9.17) is 22.0 Å². The highest BCUT2D eigenvalue weighted by atomic mass is 35.5. The maximum atomic E-state index is 13.7. The number of hydrogen-bond donors (Lipinski definition) is 4. The molecule has 4 N–H and O–H groups in total. The van der Waals surface area contributed by atoms with E-state index in [-0.39, 0.29) is 28.9 Å². The Morgan fingerprint density at radius 3 is 2.41 bits per heavy atom. The van der Waals surface area contributed by atoms with Crippen LogP contribution in [-0.4, -0.2) is 44.8 Å². The molecule has 202 valence electrons. The zero-order chi connectivity index (χ0) is 27.9. The molecule has 4 rings (SSSR count). The second-order valence-corrected chi connectivity index (χ2v) is 9.83. The van der Waals surface area contributed by atoms with Crippen molar-refractivity contribution in [2.24, 2.45) is 0 Å². The SMILES string of the molecule is CC(C)n1c([C@H](CCCNC(=N)CCl)NC(=O)c2cc(-c3ccccc3)ccc2C(=O)O)nc2ccccc21. The van der Waals surface area contributed by atoms with Crippen molar-refractivity contribution in [2.45, 2.75) is 38.8 Å². The highest BCUT2D eigenvalue weighted by Crippen LogP contribution is 2.29. The molecule has 8 nitrogen and oxygen atoms in total. The number of amidine groups is 1. The Bertz CT molecular complexity index is 1480. The van der Waals surface area contributed by atoms with Gasteiger partial charge in [0, 0.05) is 12.6 Å². The van der Waals surface area contributed by atoms with Gasteiger partial charge in [0.2, 0.25) is 0 Å². The second kappa shape index (κ2) is 12.6. The molecule has 0 saturated carbocycles. The number of carbonyl (C=O) groups excluding carboxylic acids is 1. The van der Waals surface area contributed by atoms with Crippen molar-refractivity contribution in [1.29, 1.82) is 5.41 Å².